The molecule has 27 heavy (non-hydrogen) atoms. The average Bonchev–Trinajstić information content (AvgIpc) is 2.40. The first-order valence-electron chi connectivity index (χ1n) is 8.38. The van der Waals surface area contributed by atoms with Gasteiger partial charge in [0.1, 0.15) is 11.7 Å². The molecule has 0 aliphatic carbocycles. The second-order valence-electron chi connectivity index (χ2n) is 8.52. The van der Waals surface area contributed by atoms with Gasteiger partial charge in [-0.15, -0.1) is 0 Å². The monoisotopic (exact) mass is 528 g/mol. The molecule has 0 saturated carbocycles. The molecular formula is C17H26Cl6O2Si2. The Balaban J connectivity index is 3.35. The third-order valence-corrected chi connectivity index (χ3v) is 7.22. The van der Waals surface area contributed by atoms with Crippen molar-refractivity contribution in [1.82, 2.24) is 0 Å². The maximum atomic E-state index is 6.29. The van der Waals surface area contributed by atoms with Crippen molar-refractivity contribution in [1.29, 1.82) is 0 Å². The quantitative estimate of drug-likeness (QED) is 0.271. The van der Waals surface area contributed by atoms with E-state index in [1.165, 1.54) is 0 Å². The van der Waals surface area contributed by atoms with Crippen LogP contribution in [0.2, 0.25) is 39.3 Å². The van der Waals surface area contributed by atoms with E-state index in [0.29, 0.717) is 0 Å². The molecule has 1 aromatic carbocycles. The van der Waals surface area contributed by atoms with Crippen LogP contribution in [0.1, 0.15) is 24.2 Å². The summed E-state index contributed by atoms with van der Waals surface area (Å²) in [5, 5.41) is 0. The van der Waals surface area contributed by atoms with E-state index in [1.807, 2.05) is 63.5 Å². The van der Waals surface area contributed by atoms with E-state index in [9.17, 15) is 0 Å². The fraction of sp³-hybridized carbons (Fsp3) is 0.647. The second kappa shape index (κ2) is 8.82. The molecule has 0 radical (unpaired) electrons. The molecule has 0 aromatic heterocycles. The Bertz CT molecular complexity index is 629. The molecule has 0 bridgehead atoms. The molecule has 1 aromatic rings. The van der Waals surface area contributed by atoms with Crippen molar-refractivity contribution >= 4 is 86.2 Å². The van der Waals surface area contributed by atoms with Gasteiger partial charge in [-0.3, -0.25) is 0 Å². The van der Waals surface area contributed by atoms with Gasteiger partial charge in [-0.1, -0.05) is 93.9 Å². The summed E-state index contributed by atoms with van der Waals surface area (Å²) in [7, 11) is -3.98. The van der Waals surface area contributed by atoms with Gasteiger partial charge < -0.3 is 8.85 Å². The van der Waals surface area contributed by atoms with E-state index in [1.54, 1.807) is 6.92 Å². The van der Waals surface area contributed by atoms with E-state index in [4.69, 9.17) is 78.5 Å². The molecule has 1 rings (SSSR count). The van der Waals surface area contributed by atoms with E-state index in [0.717, 1.165) is 11.1 Å². The van der Waals surface area contributed by atoms with Gasteiger partial charge in [0, 0.05) is 0 Å². The van der Waals surface area contributed by atoms with E-state index in [-0.39, 0.29) is 0 Å². The predicted molar refractivity (Wildman–Crippen MR) is 126 cm³/mol. The van der Waals surface area contributed by atoms with Crippen LogP contribution >= 0.6 is 69.6 Å². The van der Waals surface area contributed by atoms with Crippen LogP contribution in [0.4, 0.5) is 0 Å². The Kier molecular flexibility index (Phi) is 8.60. The minimum Gasteiger partial charge on any atom is -0.406 e. The minimum absolute atomic E-state index is 0.694. The molecule has 2 nitrogen and oxygen atoms in total. The summed E-state index contributed by atoms with van der Waals surface area (Å²) in [4.78, 5) is 0. The lowest BCUT2D eigenvalue weighted by atomic mass is 9.95. The summed E-state index contributed by atoms with van der Waals surface area (Å²) < 4.78 is 9.11. The summed E-state index contributed by atoms with van der Waals surface area (Å²) in [6.45, 7) is 14.0. The van der Waals surface area contributed by atoms with Gasteiger partial charge in [-0.25, -0.2) is 0 Å². The number of benzene rings is 1. The first-order chi connectivity index (χ1) is 11.8. The minimum atomic E-state index is -2.02. The van der Waals surface area contributed by atoms with E-state index >= 15 is 0 Å². The molecule has 0 aliphatic heterocycles. The van der Waals surface area contributed by atoms with Gasteiger partial charge in [-0.05, 0) is 57.3 Å². The van der Waals surface area contributed by atoms with Crippen molar-refractivity contribution in [2.75, 3.05) is 0 Å². The van der Waals surface area contributed by atoms with Crippen molar-refractivity contribution in [2.45, 2.75) is 65.5 Å². The molecule has 0 saturated heterocycles. The lowest BCUT2D eigenvalue weighted by Crippen LogP contribution is -2.47. The van der Waals surface area contributed by atoms with Crippen LogP contribution < -0.4 is 0 Å². The third kappa shape index (κ3) is 7.82. The highest BCUT2D eigenvalue weighted by molar-refractivity contribution is 6.72. The smallest absolute Gasteiger partial charge is 0.221 e. The summed E-state index contributed by atoms with van der Waals surface area (Å²) in [5.41, 5.74) is 0.348. The molecule has 0 spiro atoms. The van der Waals surface area contributed by atoms with E-state index in [2.05, 4.69) is 0 Å². The number of hydrogen-bond acceptors (Lipinski definition) is 2. The zero-order valence-corrected chi connectivity index (χ0v) is 23.0. The van der Waals surface area contributed by atoms with Gasteiger partial charge in [0.2, 0.25) is 7.59 Å². The van der Waals surface area contributed by atoms with Gasteiger partial charge in [0.15, 0.2) is 16.6 Å². The van der Waals surface area contributed by atoms with Crippen LogP contribution in [0.25, 0.3) is 0 Å². The first-order valence-corrected chi connectivity index (χ1v) is 17.5. The standard InChI is InChI=1S/C17H26Cl6O2Si2/c1-15(17(21,22)23,25-27(5,6)7)13-10-8-12(9-11-13)14(16(18,19)20)24-26(2,3)4/h8-11,14H,1-7H3. The topological polar surface area (TPSA) is 18.5 Å². The fourth-order valence-corrected chi connectivity index (χ4v) is 6.43. The Hall–Kier alpha value is 1.31. The van der Waals surface area contributed by atoms with Crippen molar-refractivity contribution < 1.29 is 8.85 Å². The number of halogens is 6. The zero-order chi connectivity index (χ0) is 21.5. The summed E-state index contributed by atoms with van der Waals surface area (Å²) >= 11 is 37.4. The maximum Gasteiger partial charge on any atom is 0.221 e. The van der Waals surface area contributed by atoms with Crippen molar-refractivity contribution in [2.24, 2.45) is 0 Å². The van der Waals surface area contributed by atoms with E-state index < -0.39 is 35.9 Å². The van der Waals surface area contributed by atoms with Gasteiger partial charge in [0.25, 0.3) is 0 Å². The summed E-state index contributed by atoms with van der Waals surface area (Å²) in [6, 6.07) is 7.30. The van der Waals surface area contributed by atoms with Crippen molar-refractivity contribution in [3.63, 3.8) is 0 Å². The van der Waals surface area contributed by atoms with Crippen molar-refractivity contribution in [3.8, 4) is 0 Å². The van der Waals surface area contributed by atoms with Gasteiger partial charge in [0.05, 0.1) is 0 Å². The molecule has 156 valence electrons. The SMILES string of the molecule is CC(O[Si](C)(C)C)(c1ccc(C(O[Si](C)(C)C)C(Cl)(Cl)Cl)cc1)C(Cl)(Cl)Cl. The Labute approximate surface area is 195 Å². The highest BCUT2D eigenvalue weighted by Crippen LogP contribution is 2.49. The molecule has 10 heteroatoms. The summed E-state index contributed by atoms with van der Waals surface area (Å²) in [5.74, 6) is 0. The van der Waals surface area contributed by atoms with Crippen LogP contribution in [0, 0.1) is 0 Å². The molecule has 0 N–H and O–H groups in total. The van der Waals surface area contributed by atoms with Gasteiger partial charge in [-0.2, -0.15) is 0 Å². The lowest BCUT2D eigenvalue weighted by Gasteiger charge is -2.41. The largest absolute Gasteiger partial charge is 0.406 e. The highest BCUT2D eigenvalue weighted by Gasteiger charge is 2.49. The highest BCUT2D eigenvalue weighted by atomic mass is 35.6. The molecule has 0 aliphatic rings. The molecule has 2 atom stereocenters. The Morgan fingerprint density at radius 2 is 1.22 bits per heavy atom. The number of hydrogen-bond donors (Lipinski definition) is 0. The second-order valence-corrected chi connectivity index (χ2v) is 22.1. The predicted octanol–water partition coefficient (Wildman–Crippen LogP) is 8.39. The molecular weight excluding hydrogens is 505 g/mol. The normalized spacial score (nSPS) is 17.5. The van der Waals surface area contributed by atoms with Crippen LogP contribution in [0.3, 0.4) is 0 Å². The Morgan fingerprint density at radius 3 is 1.52 bits per heavy atom. The Morgan fingerprint density at radius 1 is 0.778 bits per heavy atom. The number of alkyl halides is 6. The molecule has 0 heterocycles. The maximum absolute atomic E-state index is 6.29. The van der Waals surface area contributed by atoms with Crippen LogP contribution in [0.5, 0.6) is 0 Å². The average molecular weight is 531 g/mol. The molecule has 0 fully saturated rings. The van der Waals surface area contributed by atoms with Gasteiger partial charge >= 0.3 is 0 Å². The first kappa shape index (κ1) is 26.3. The third-order valence-electron chi connectivity index (χ3n) is 3.58. The van der Waals surface area contributed by atoms with Crippen LogP contribution in [0.15, 0.2) is 24.3 Å². The molecule has 0 amide bonds. The van der Waals surface area contributed by atoms with Crippen LogP contribution in [-0.4, -0.2) is 24.2 Å². The number of rotatable bonds is 6. The van der Waals surface area contributed by atoms with Crippen molar-refractivity contribution in [3.05, 3.63) is 35.4 Å². The zero-order valence-electron chi connectivity index (χ0n) is 16.5. The van der Waals surface area contributed by atoms with Crippen LogP contribution in [-0.2, 0) is 14.5 Å². The summed E-state index contributed by atoms with van der Waals surface area (Å²) in [6.07, 6.45) is -0.694. The lowest BCUT2D eigenvalue weighted by molar-refractivity contribution is 0.0825. The molecule has 2 unspecified atom stereocenters. The fourth-order valence-electron chi connectivity index (χ4n) is 2.55.